The van der Waals surface area contributed by atoms with Gasteiger partial charge in [0.2, 0.25) is 0 Å². The highest BCUT2D eigenvalue weighted by molar-refractivity contribution is 5.96. The van der Waals surface area contributed by atoms with E-state index in [1.165, 1.54) is 5.56 Å². The van der Waals surface area contributed by atoms with Crippen molar-refractivity contribution in [2.24, 2.45) is 0 Å². The van der Waals surface area contributed by atoms with Crippen molar-refractivity contribution in [1.82, 2.24) is 9.80 Å². The lowest BCUT2D eigenvalue weighted by molar-refractivity contribution is 0.0628. The minimum absolute atomic E-state index is 0.000251. The van der Waals surface area contributed by atoms with E-state index in [1.807, 2.05) is 54.3 Å². The van der Waals surface area contributed by atoms with Gasteiger partial charge in [-0.2, -0.15) is 5.26 Å². The monoisotopic (exact) mass is 405 g/mol. The van der Waals surface area contributed by atoms with Crippen LogP contribution in [0.1, 0.15) is 34.0 Å². The molecule has 2 aromatic rings. The Morgan fingerprint density at radius 1 is 1.10 bits per heavy atom. The lowest BCUT2D eigenvalue weighted by Crippen LogP contribution is -2.48. The summed E-state index contributed by atoms with van der Waals surface area (Å²) in [7, 11) is 3.17. The third-order valence-corrected chi connectivity index (χ3v) is 5.25. The quantitative estimate of drug-likeness (QED) is 0.735. The number of nitriles is 1. The third-order valence-electron chi connectivity index (χ3n) is 5.25. The molecule has 6 nitrogen and oxygen atoms in total. The number of nitrogens with zero attached hydrogens (tertiary/aromatic N) is 3. The first-order valence-corrected chi connectivity index (χ1v) is 9.99. The van der Waals surface area contributed by atoms with Crippen molar-refractivity contribution in [1.29, 1.82) is 5.26 Å². The topological polar surface area (TPSA) is 65.8 Å². The Morgan fingerprint density at radius 3 is 2.37 bits per heavy atom. The van der Waals surface area contributed by atoms with Gasteiger partial charge in [-0.25, -0.2) is 0 Å². The zero-order chi connectivity index (χ0) is 21.5. The predicted octanol–water partition coefficient (Wildman–Crippen LogP) is 3.57. The van der Waals surface area contributed by atoms with E-state index in [2.05, 4.69) is 11.0 Å². The molecule has 1 heterocycles. The van der Waals surface area contributed by atoms with Gasteiger partial charge in [0.25, 0.3) is 5.91 Å². The summed E-state index contributed by atoms with van der Waals surface area (Å²) in [6.07, 6.45) is 3.82. The van der Waals surface area contributed by atoms with Crippen molar-refractivity contribution >= 4 is 12.0 Å². The summed E-state index contributed by atoms with van der Waals surface area (Å²) in [5.74, 6) is 1.18. The zero-order valence-corrected chi connectivity index (χ0v) is 17.7. The molecule has 3 rings (SSSR count). The van der Waals surface area contributed by atoms with Crippen molar-refractivity contribution in [3.63, 3.8) is 0 Å². The van der Waals surface area contributed by atoms with Crippen LogP contribution >= 0.6 is 0 Å². The average molecular weight is 405 g/mol. The molecule has 1 saturated heterocycles. The number of methoxy groups -OCH3 is 2. The number of piperazine rings is 1. The van der Waals surface area contributed by atoms with E-state index in [0.29, 0.717) is 35.7 Å². The molecular formula is C24H27N3O3. The van der Waals surface area contributed by atoms with Crippen LogP contribution in [0.25, 0.3) is 6.08 Å². The van der Waals surface area contributed by atoms with Crippen LogP contribution in [0.15, 0.2) is 42.5 Å². The minimum Gasteiger partial charge on any atom is -0.493 e. The van der Waals surface area contributed by atoms with E-state index in [1.54, 1.807) is 20.3 Å². The lowest BCUT2D eigenvalue weighted by atomic mass is 10.1. The molecule has 0 aliphatic carbocycles. The molecule has 30 heavy (non-hydrogen) atoms. The maximum Gasteiger partial charge on any atom is 0.254 e. The number of hydrogen-bond donors (Lipinski definition) is 0. The number of carbonyl (C=O) groups is 1. The molecule has 0 spiro atoms. The van der Waals surface area contributed by atoms with E-state index in [0.717, 1.165) is 25.2 Å². The molecule has 1 aliphatic rings. The number of amides is 1. The van der Waals surface area contributed by atoms with Gasteiger partial charge in [0.1, 0.15) is 0 Å². The van der Waals surface area contributed by atoms with Gasteiger partial charge in [0, 0.05) is 43.9 Å². The fraction of sp³-hybridized carbons (Fsp3) is 0.333. The van der Waals surface area contributed by atoms with Crippen LogP contribution in [0.4, 0.5) is 0 Å². The second kappa shape index (κ2) is 9.95. The Bertz CT molecular complexity index is 953. The first kappa shape index (κ1) is 21.4. The molecule has 0 N–H and O–H groups in total. The number of hydrogen-bond acceptors (Lipinski definition) is 5. The van der Waals surface area contributed by atoms with Gasteiger partial charge in [-0.15, -0.1) is 0 Å². The van der Waals surface area contributed by atoms with Gasteiger partial charge in [-0.1, -0.05) is 24.3 Å². The Kier molecular flexibility index (Phi) is 7.10. The van der Waals surface area contributed by atoms with Crippen molar-refractivity contribution in [3.05, 3.63) is 64.7 Å². The van der Waals surface area contributed by atoms with Crippen molar-refractivity contribution in [2.45, 2.75) is 13.5 Å². The van der Waals surface area contributed by atoms with Crippen LogP contribution in [0, 0.1) is 11.3 Å². The Morgan fingerprint density at radius 2 is 1.80 bits per heavy atom. The van der Waals surface area contributed by atoms with Crippen LogP contribution < -0.4 is 9.47 Å². The van der Waals surface area contributed by atoms with Gasteiger partial charge in [0.15, 0.2) is 11.5 Å². The molecule has 6 heteroatoms. The second-order valence-corrected chi connectivity index (χ2v) is 7.18. The highest BCUT2D eigenvalue weighted by Gasteiger charge is 2.24. The number of rotatable bonds is 6. The molecule has 1 amide bonds. The van der Waals surface area contributed by atoms with Crippen LogP contribution in [0.5, 0.6) is 11.5 Å². The molecule has 0 saturated carbocycles. The van der Waals surface area contributed by atoms with E-state index >= 15 is 0 Å². The first-order valence-electron chi connectivity index (χ1n) is 9.99. The maximum atomic E-state index is 13.1. The van der Waals surface area contributed by atoms with Gasteiger partial charge < -0.3 is 14.4 Å². The number of allylic oxidation sites excluding steroid dienone is 1. The fourth-order valence-electron chi connectivity index (χ4n) is 3.66. The molecule has 156 valence electrons. The van der Waals surface area contributed by atoms with E-state index in [-0.39, 0.29) is 5.91 Å². The van der Waals surface area contributed by atoms with Gasteiger partial charge in [0.05, 0.1) is 25.9 Å². The average Bonchev–Trinajstić information content (AvgIpc) is 2.79. The number of benzene rings is 2. The Labute approximate surface area is 177 Å². The van der Waals surface area contributed by atoms with E-state index < -0.39 is 0 Å². The van der Waals surface area contributed by atoms with Gasteiger partial charge in [-0.05, 0) is 36.8 Å². The largest absolute Gasteiger partial charge is 0.493 e. The van der Waals surface area contributed by atoms with Crippen LogP contribution in [-0.4, -0.2) is 56.1 Å². The molecule has 1 fully saturated rings. The highest BCUT2D eigenvalue weighted by Crippen LogP contribution is 2.34. The summed E-state index contributed by atoms with van der Waals surface area (Å²) in [5, 5.41) is 8.92. The molecule has 0 radical (unpaired) electrons. The molecule has 1 aliphatic heterocycles. The summed E-state index contributed by atoms with van der Waals surface area (Å²) in [6, 6.07) is 13.4. The number of carbonyl (C=O) groups excluding carboxylic acids is 1. The molecule has 0 bridgehead atoms. The standard InChI is InChI=1S/C24H27N3O3/c1-4-5-20-14-21(15-22(29-2)23(20)30-3)24(28)27-12-10-26(11-13-27)17-19-8-6-18(16-25)7-9-19/h4-9,14-15H,10-13,17H2,1-3H3/b5-4+. The van der Waals surface area contributed by atoms with Crippen LogP contribution in [-0.2, 0) is 6.54 Å². The van der Waals surface area contributed by atoms with E-state index in [9.17, 15) is 4.79 Å². The lowest BCUT2D eigenvalue weighted by Gasteiger charge is -2.35. The fourth-order valence-corrected chi connectivity index (χ4v) is 3.66. The summed E-state index contributed by atoms with van der Waals surface area (Å²) in [4.78, 5) is 17.3. The first-order chi connectivity index (χ1) is 14.6. The molecule has 0 atom stereocenters. The minimum atomic E-state index is -0.000251. The van der Waals surface area contributed by atoms with Gasteiger partial charge >= 0.3 is 0 Å². The molecule has 0 aromatic heterocycles. The Hall–Kier alpha value is -3.30. The van der Waals surface area contributed by atoms with Crippen molar-refractivity contribution in [3.8, 4) is 17.6 Å². The van der Waals surface area contributed by atoms with Crippen molar-refractivity contribution < 1.29 is 14.3 Å². The summed E-state index contributed by atoms with van der Waals surface area (Å²) in [6.45, 7) is 5.69. The summed E-state index contributed by atoms with van der Waals surface area (Å²) < 4.78 is 10.9. The Balaban J connectivity index is 1.67. The smallest absolute Gasteiger partial charge is 0.254 e. The van der Waals surface area contributed by atoms with Crippen LogP contribution in [0.3, 0.4) is 0 Å². The molecule has 0 unspecified atom stereocenters. The zero-order valence-electron chi connectivity index (χ0n) is 17.7. The van der Waals surface area contributed by atoms with Crippen LogP contribution in [0.2, 0.25) is 0 Å². The molecule has 2 aromatic carbocycles. The summed E-state index contributed by atoms with van der Waals surface area (Å²) in [5.41, 5.74) is 3.26. The SMILES string of the molecule is C/C=C/c1cc(C(=O)N2CCN(Cc3ccc(C#N)cc3)CC2)cc(OC)c1OC. The van der Waals surface area contributed by atoms with Gasteiger partial charge in [-0.3, -0.25) is 9.69 Å². The molecular weight excluding hydrogens is 378 g/mol. The predicted molar refractivity (Wildman–Crippen MR) is 117 cm³/mol. The summed E-state index contributed by atoms with van der Waals surface area (Å²) >= 11 is 0. The normalized spacial score (nSPS) is 14.5. The number of ether oxygens (including phenoxy) is 2. The highest BCUT2D eigenvalue weighted by atomic mass is 16.5. The second-order valence-electron chi connectivity index (χ2n) is 7.18. The van der Waals surface area contributed by atoms with Crippen molar-refractivity contribution in [2.75, 3.05) is 40.4 Å². The van der Waals surface area contributed by atoms with E-state index in [4.69, 9.17) is 14.7 Å². The third kappa shape index (κ3) is 4.81. The maximum absolute atomic E-state index is 13.1.